The zero-order chi connectivity index (χ0) is 19.6. The number of esters is 1. The van der Waals surface area contributed by atoms with E-state index in [0.29, 0.717) is 19.5 Å². The second-order valence-electron chi connectivity index (χ2n) is 6.63. The van der Waals surface area contributed by atoms with Crippen molar-refractivity contribution in [1.29, 1.82) is 0 Å². The molecule has 6 nitrogen and oxygen atoms in total. The lowest BCUT2D eigenvalue weighted by Crippen LogP contribution is -2.33. The molecule has 1 unspecified atom stereocenters. The van der Waals surface area contributed by atoms with Crippen LogP contribution < -0.4 is 10.2 Å². The predicted octanol–water partition coefficient (Wildman–Crippen LogP) is 3.00. The van der Waals surface area contributed by atoms with Gasteiger partial charge in [0.25, 0.3) is 0 Å². The van der Waals surface area contributed by atoms with Gasteiger partial charge in [0.1, 0.15) is 0 Å². The second kappa shape index (κ2) is 11.0. The van der Waals surface area contributed by atoms with Crippen molar-refractivity contribution in [3.05, 3.63) is 24.3 Å². The summed E-state index contributed by atoms with van der Waals surface area (Å²) in [7, 11) is 1.39. The number of carbonyl (C=O) groups excluding carboxylic acids is 3. The fourth-order valence-corrected chi connectivity index (χ4v) is 3.51. The highest BCUT2D eigenvalue weighted by atomic mass is 32.2. The van der Waals surface area contributed by atoms with Gasteiger partial charge >= 0.3 is 5.97 Å². The lowest BCUT2D eigenvalue weighted by Gasteiger charge is -2.17. The number of carbonyl (C=O) groups is 3. The van der Waals surface area contributed by atoms with Gasteiger partial charge in [0.05, 0.1) is 13.0 Å². The Morgan fingerprint density at radius 2 is 1.89 bits per heavy atom. The van der Waals surface area contributed by atoms with Crippen LogP contribution in [0.25, 0.3) is 0 Å². The van der Waals surface area contributed by atoms with E-state index in [1.54, 1.807) is 16.7 Å². The lowest BCUT2D eigenvalue weighted by molar-refractivity contribution is -0.140. The molecule has 0 bridgehead atoms. The van der Waals surface area contributed by atoms with E-state index >= 15 is 0 Å². The number of ether oxygens (including phenoxy) is 1. The number of methoxy groups -OCH3 is 1. The van der Waals surface area contributed by atoms with Gasteiger partial charge < -0.3 is 15.0 Å². The number of anilines is 1. The van der Waals surface area contributed by atoms with Gasteiger partial charge in [-0.3, -0.25) is 14.4 Å². The third-order valence-corrected chi connectivity index (χ3v) is 5.46. The first-order valence-electron chi connectivity index (χ1n) is 9.34. The number of amides is 2. The Bertz CT molecular complexity index is 648. The summed E-state index contributed by atoms with van der Waals surface area (Å²) in [6, 6.07) is 7.83. The zero-order valence-corrected chi connectivity index (χ0v) is 16.8. The summed E-state index contributed by atoms with van der Waals surface area (Å²) in [5.74, 6) is -0.532. The molecule has 1 saturated heterocycles. The Morgan fingerprint density at radius 3 is 2.56 bits per heavy atom. The molecule has 2 rings (SSSR count). The molecule has 1 atom stereocenters. The number of unbranched alkanes of at least 4 members (excludes halogenated alkanes) is 3. The fraction of sp³-hybridized carbons (Fsp3) is 0.550. The van der Waals surface area contributed by atoms with Gasteiger partial charge in [0.15, 0.2) is 0 Å². The molecule has 1 fully saturated rings. The highest BCUT2D eigenvalue weighted by molar-refractivity contribution is 7.98. The van der Waals surface area contributed by atoms with Crippen molar-refractivity contribution in [2.24, 2.45) is 5.92 Å². The van der Waals surface area contributed by atoms with Crippen molar-refractivity contribution in [1.82, 2.24) is 5.32 Å². The molecule has 1 aromatic rings. The quantitative estimate of drug-likeness (QED) is 0.376. The number of rotatable bonds is 10. The van der Waals surface area contributed by atoms with Gasteiger partial charge in [0, 0.05) is 36.5 Å². The molecule has 1 N–H and O–H groups in total. The summed E-state index contributed by atoms with van der Waals surface area (Å²) in [5.41, 5.74) is 0.846. The smallest absolute Gasteiger partial charge is 0.305 e. The molecule has 0 radical (unpaired) electrons. The molecule has 1 aliphatic heterocycles. The summed E-state index contributed by atoms with van der Waals surface area (Å²) in [5, 5.41) is 2.93. The van der Waals surface area contributed by atoms with Crippen LogP contribution in [0.15, 0.2) is 29.2 Å². The van der Waals surface area contributed by atoms with Crippen LogP contribution >= 0.6 is 11.8 Å². The first-order chi connectivity index (χ1) is 13.0. The minimum absolute atomic E-state index is 0.00476. The molecule has 0 aromatic heterocycles. The average Bonchev–Trinajstić information content (AvgIpc) is 3.08. The molecule has 0 saturated carbocycles. The molecule has 148 valence electrons. The zero-order valence-electron chi connectivity index (χ0n) is 16.0. The van der Waals surface area contributed by atoms with E-state index in [9.17, 15) is 14.4 Å². The Kier molecular flexibility index (Phi) is 8.64. The third kappa shape index (κ3) is 6.57. The van der Waals surface area contributed by atoms with Crippen molar-refractivity contribution in [3.8, 4) is 0 Å². The van der Waals surface area contributed by atoms with Crippen LogP contribution in [-0.2, 0) is 19.1 Å². The highest BCUT2D eigenvalue weighted by Crippen LogP contribution is 2.27. The van der Waals surface area contributed by atoms with Crippen molar-refractivity contribution < 1.29 is 19.1 Å². The normalized spacial score (nSPS) is 16.4. The summed E-state index contributed by atoms with van der Waals surface area (Å²) in [6.07, 6.45) is 6.28. The molecule has 1 heterocycles. The van der Waals surface area contributed by atoms with Gasteiger partial charge in [-0.05, 0) is 43.4 Å². The number of benzene rings is 1. The van der Waals surface area contributed by atoms with Crippen molar-refractivity contribution in [3.63, 3.8) is 0 Å². The monoisotopic (exact) mass is 392 g/mol. The molecule has 1 aromatic carbocycles. The molecule has 0 aliphatic carbocycles. The van der Waals surface area contributed by atoms with E-state index in [1.807, 2.05) is 30.5 Å². The second-order valence-corrected chi connectivity index (χ2v) is 7.51. The van der Waals surface area contributed by atoms with Crippen LogP contribution in [0, 0.1) is 5.92 Å². The van der Waals surface area contributed by atoms with Crippen LogP contribution in [0.3, 0.4) is 0 Å². The Balaban J connectivity index is 1.68. The minimum atomic E-state index is -0.294. The number of hydrogen-bond donors (Lipinski definition) is 1. The first-order valence-corrected chi connectivity index (χ1v) is 10.6. The maximum Gasteiger partial charge on any atom is 0.305 e. The highest BCUT2D eigenvalue weighted by Gasteiger charge is 2.34. The lowest BCUT2D eigenvalue weighted by atomic mass is 10.1. The molecular formula is C20H28N2O4S. The molecule has 1 aliphatic rings. The van der Waals surface area contributed by atoms with Gasteiger partial charge in [-0.1, -0.05) is 12.8 Å². The number of thioether (sulfide) groups is 1. The maximum atomic E-state index is 12.3. The number of nitrogens with zero attached hydrogens (tertiary/aromatic N) is 1. The first kappa shape index (κ1) is 21.3. The van der Waals surface area contributed by atoms with Gasteiger partial charge in [0.2, 0.25) is 11.8 Å². The maximum absolute atomic E-state index is 12.3. The Hall–Kier alpha value is -2.02. The van der Waals surface area contributed by atoms with Crippen LogP contribution in [0.1, 0.15) is 38.5 Å². The molecule has 2 amide bonds. The van der Waals surface area contributed by atoms with Crippen LogP contribution in [0.4, 0.5) is 5.69 Å². The Labute approximate surface area is 165 Å². The van der Waals surface area contributed by atoms with Crippen molar-refractivity contribution in [2.75, 3.05) is 31.4 Å². The SMILES string of the molecule is COC(=O)CCCCCCNC(=O)C1CC(=O)N(c2ccc(SC)cc2)C1. The predicted molar refractivity (Wildman–Crippen MR) is 107 cm³/mol. The number of hydrogen-bond acceptors (Lipinski definition) is 5. The van der Waals surface area contributed by atoms with E-state index in [4.69, 9.17) is 0 Å². The third-order valence-electron chi connectivity index (χ3n) is 4.71. The molecule has 0 spiro atoms. The fourth-order valence-electron chi connectivity index (χ4n) is 3.10. The van der Waals surface area contributed by atoms with E-state index in [-0.39, 0.29) is 30.1 Å². The average molecular weight is 393 g/mol. The topological polar surface area (TPSA) is 75.7 Å². The summed E-state index contributed by atoms with van der Waals surface area (Å²) >= 11 is 1.65. The van der Waals surface area contributed by atoms with Gasteiger partial charge in [-0.15, -0.1) is 11.8 Å². The summed E-state index contributed by atoms with van der Waals surface area (Å²) < 4.78 is 4.60. The molecule has 27 heavy (non-hydrogen) atoms. The number of nitrogens with one attached hydrogen (secondary N) is 1. The van der Waals surface area contributed by atoms with Crippen molar-refractivity contribution in [2.45, 2.75) is 43.4 Å². The van der Waals surface area contributed by atoms with Crippen molar-refractivity contribution >= 4 is 35.2 Å². The van der Waals surface area contributed by atoms with Crippen LogP contribution in [0.5, 0.6) is 0 Å². The largest absolute Gasteiger partial charge is 0.469 e. The molecule has 7 heteroatoms. The van der Waals surface area contributed by atoms with E-state index in [2.05, 4.69) is 10.1 Å². The Morgan fingerprint density at radius 1 is 1.19 bits per heavy atom. The van der Waals surface area contributed by atoms with E-state index in [1.165, 1.54) is 7.11 Å². The van der Waals surface area contributed by atoms with E-state index < -0.39 is 0 Å². The standard InChI is InChI=1S/C20H28N2O4S/c1-26-19(24)7-5-3-4-6-12-21-20(25)15-13-18(23)22(14-15)16-8-10-17(27-2)11-9-16/h8-11,15H,3-7,12-14H2,1-2H3,(H,21,25). The minimum Gasteiger partial charge on any atom is -0.469 e. The van der Waals surface area contributed by atoms with Crippen LogP contribution in [-0.4, -0.2) is 44.2 Å². The van der Waals surface area contributed by atoms with Gasteiger partial charge in [-0.2, -0.15) is 0 Å². The van der Waals surface area contributed by atoms with Crippen LogP contribution in [0.2, 0.25) is 0 Å². The summed E-state index contributed by atoms with van der Waals surface area (Å²) in [6.45, 7) is 1.03. The summed E-state index contributed by atoms with van der Waals surface area (Å²) in [4.78, 5) is 38.5. The molecular weight excluding hydrogens is 364 g/mol. The van der Waals surface area contributed by atoms with Gasteiger partial charge in [-0.25, -0.2) is 0 Å². The van der Waals surface area contributed by atoms with E-state index in [0.717, 1.165) is 36.3 Å².